The summed E-state index contributed by atoms with van der Waals surface area (Å²) in [5.41, 5.74) is 1.50. The van der Waals surface area contributed by atoms with E-state index < -0.39 is 10.0 Å². The fraction of sp³-hybridized carbons (Fsp3) is 0.0500. The number of hydrogen-bond donors (Lipinski definition) is 1. The fourth-order valence-electron chi connectivity index (χ4n) is 2.89. The average Bonchev–Trinajstić information content (AvgIpc) is 3.14. The molecule has 4 aromatic rings. The summed E-state index contributed by atoms with van der Waals surface area (Å²) in [4.78, 5) is 4.22. The molecule has 0 saturated carbocycles. The lowest BCUT2D eigenvalue weighted by molar-refractivity contribution is 0.601. The third-order valence-electron chi connectivity index (χ3n) is 4.23. The normalized spacial score (nSPS) is 11.2. The molecule has 138 valence electrons. The van der Waals surface area contributed by atoms with Crippen LogP contribution in [-0.4, -0.2) is 23.2 Å². The zero-order chi connectivity index (χ0) is 19.6. The van der Waals surface area contributed by atoms with Crippen molar-refractivity contribution in [3.05, 3.63) is 84.2 Å². The van der Waals surface area contributed by atoms with Gasteiger partial charge in [-0.2, -0.15) is 10.2 Å². The van der Waals surface area contributed by atoms with Crippen molar-refractivity contribution in [2.75, 3.05) is 4.72 Å². The van der Waals surface area contributed by atoms with Crippen LogP contribution in [-0.2, 0) is 16.6 Å². The first kappa shape index (κ1) is 17.7. The molecule has 0 spiro atoms. The Balaban J connectivity index is 1.56. The summed E-state index contributed by atoms with van der Waals surface area (Å²) < 4.78 is 29.6. The number of anilines is 1. The predicted molar refractivity (Wildman–Crippen MR) is 105 cm³/mol. The van der Waals surface area contributed by atoms with Crippen molar-refractivity contribution in [2.45, 2.75) is 11.4 Å². The second-order valence-electron chi connectivity index (χ2n) is 6.16. The van der Waals surface area contributed by atoms with Gasteiger partial charge in [-0.15, -0.1) is 5.10 Å². The van der Waals surface area contributed by atoms with E-state index in [1.165, 1.54) is 11.0 Å². The molecule has 1 aromatic heterocycles. The van der Waals surface area contributed by atoms with Crippen molar-refractivity contribution in [1.29, 1.82) is 5.26 Å². The van der Waals surface area contributed by atoms with Crippen LogP contribution in [0.4, 0.5) is 5.95 Å². The minimum absolute atomic E-state index is 0.00146. The van der Waals surface area contributed by atoms with Crippen molar-refractivity contribution in [3.8, 4) is 6.07 Å². The largest absolute Gasteiger partial charge is 0.264 e. The van der Waals surface area contributed by atoms with Crippen molar-refractivity contribution in [1.82, 2.24) is 14.8 Å². The molecule has 0 atom stereocenters. The highest BCUT2D eigenvalue weighted by atomic mass is 32.2. The predicted octanol–water partition coefficient (Wildman–Crippen LogP) is 3.15. The molecule has 0 bridgehead atoms. The van der Waals surface area contributed by atoms with Crippen LogP contribution >= 0.6 is 0 Å². The third kappa shape index (κ3) is 3.56. The molecular weight excluding hydrogens is 374 g/mol. The van der Waals surface area contributed by atoms with Gasteiger partial charge in [-0.3, -0.25) is 0 Å². The van der Waals surface area contributed by atoms with E-state index in [4.69, 9.17) is 5.26 Å². The number of aromatic nitrogens is 3. The number of nitriles is 1. The maximum absolute atomic E-state index is 12.8. The van der Waals surface area contributed by atoms with Gasteiger partial charge in [0.2, 0.25) is 0 Å². The molecule has 8 heteroatoms. The lowest BCUT2D eigenvalue weighted by atomic mass is 10.1. The van der Waals surface area contributed by atoms with E-state index in [9.17, 15) is 8.42 Å². The van der Waals surface area contributed by atoms with E-state index in [2.05, 4.69) is 20.9 Å². The summed E-state index contributed by atoms with van der Waals surface area (Å²) in [6.45, 7) is 0.411. The van der Waals surface area contributed by atoms with Crippen LogP contribution in [0, 0.1) is 11.3 Å². The smallest absolute Gasteiger partial charge is 0.246 e. The molecule has 0 aliphatic heterocycles. The molecule has 28 heavy (non-hydrogen) atoms. The molecule has 3 aromatic carbocycles. The molecule has 0 fully saturated rings. The van der Waals surface area contributed by atoms with E-state index in [1.807, 2.05) is 30.3 Å². The Morgan fingerprint density at radius 1 is 1.00 bits per heavy atom. The SMILES string of the molecule is N#Cc1ccc(Cn2cnc(NS(=O)(=O)c3cccc4ccccc34)n2)cc1. The zero-order valence-corrected chi connectivity index (χ0v) is 15.5. The Labute approximate surface area is 161 Å². The molecule has 7 nitrogen and oxygen atoms in total. The molecule has 0 saturated heterocycles. The summed E-state index contributed by atoms with van der Waals surface area (Å²) in [6, 6.07) is 21.5. The monoisotopic (exact) mass is 389 g/mol. The number of nitrogens with zero attached hydrogens (tertiary/aromatic N) is 4. The maximum Gasteiger partial charge on any atom is 0.264 e. The number of rotatable bonds is 5. The average molecular weight is 389 g/mol. The van der Waals surface area contributed by atoms with Gasteiger partial charge in [-0.1, -0.05) is 48.5 Å². The Morgan fingerprint density at radius 2 is 1.75 bits per heavy atom. The standard InChI is InChI=1S/C20H15N5O2S/c21-12-15-8-10-16(11-9-15)13-25-14-22-20(23-25)24-28(26,27)19-7-3-5-17-4-1-2-6-18(17)19/h1-11,14H,13H2,(H,23,24). The summed E-state index contributed by atoms with van der Waals surface area (Å²) >= 11 is 0. The quantitative estimate of drug-likeness (QED) is 0.565. The molecule has 0 aliphatic rings. The Hall–Kier alpha value is -3.70. The summed E-state index contributed by atoms with van der Waals surface area (Å²) in [6.07, 6.45) is 1.46. The van der Waals surface area contributed by atoms with Crippen LogP contribution in [0.25, 0.3) is 10.8 Å². The molecule has 1 heterocycles. The molecule has 0 amide bonds. The molecule has 0 unspecified atom stereocenters. The summed E-state index contributed by atoms with van der Waals surface area (Å²) in [5.74, 6) is 0.00146. The Bertz CT molecular complexity index is 1280. The molecule has 4 rings (SSSR count). The minimum atomic E-state index is -3.83. The number of hydrogen-bond acceptors (Lipinski definition) is 5. The van der Waals surface area contributed by atoms with Crippen LogP contribution < -0.4 is 4.72 Å². The topological polar surface area (TPSA) is 101 Å². The zero-order valence-electron chi connectivity index (χ0n) is 14.6. The van der Waals surface area contributed by atoms with Gasteiger partial charge >= 0.3 is 0 Å². The van der Waals surface area contributed by atoms with Gasteiger partial charge in [0.15, 0.2) is 0 Å². The van der Waals surface area contributed by atoms with Gasteiger partial charge in [0.25, 0.3) is 16.0 Å². The van der Waals surface area contributed by atoms with Gasteiger partial charge < -0.3 is 0 Å². The van der Waals surface area contributed by atoms with Crippen LogP contribution in [0.1, 0.15) is 11.1 Å². The van der Waals surface area contributed by atoms with E-state index >= 15 is 0 Å². The molecule has 1 N–H and O–H groups in total. The molecule has 0 aliphatic carbocycles. The number of benzene rings is 3. The van der Waals surface area contributed by atoms with E-state index in [0.29, 0.717) is 17.5 Å². The lowest BCUT2D eigenvalue weighted by Gasteiger charge is -2.08. The van der Waals surface area contributed by atoms with Gasteiger partial charge in [0, 0.05) is 5.39 Å². The van der Waals surface area contributed by atoms with Crippen molar-refractivity contribution in [2.24, 2.45) is 0 Å². The third-order valence-corrected chi connectivity index (χ3v) is 5.62. The van der Waals surface area contributed by atoms with Crippen molar-refractivity contribution in [3.63, 3.8) is 0 Å². The number of fused-ring (bicyclic) bond motifs is 1. The first-order valence-corrected chi connectivity index (χ1v) is 9.92. The second kappa shape index (κ2) is 7.13. The second-order valence-corrected chi connectivity index (χ2v) is 7.81. The Kier molecular flexibility index (Phi) is 4.51. The highest BCUT2D eigenvalue weighted by Crippen LogP contribution is 2.24. The van der Waals surface area contributed by atoms with Gasteiger partial charge in [-0.05, 0) is 29.1 Å². The summed E-state index contributed by atoms with van der Waals surface area (Å²) in [5, 5.41) is 14.5. The van der Waals surface area contributed by atoms with Crippen molar-refractivity contribution >= 4 is 26.7 Å². The molecule has 0 radical (unpaired) electrons. The molecular formula is C20H15N5O2S. The minimum Gasteiger partial charge on any atom is -0.246 e. The van der Waals surface area contributed by atoms with Crippen LogP contribution in [0.5, 0.6) is 0 Å². The first-order chi connectivity index (χ1) is 13.5. The van der Waals surface area contributed by atoms with Crippen LogP contribution in [0.3, 0.4) is 0 Å². The lowest BCUT2D eigenvalue weighted by Crippen LogP contribution is -2.14. The van der Waals surface area contributed by atoms with Gasteiger partial charge in [0.1, 0.15) is 6.33 Å². The van der Waals surface area contributed by atoms with Crippen molar-refractivity contribution < 1.29 is 8.42 Å². The van der Waals surface area contributed by atoms with Gasteiger partial charge in [-0.25, -0.2) is 17.8 Å². The van der Waals surface area contributed by atoms with E-state index in [0.717, 1.165) is 10.9 Å². The van der Waals surface area contributed by atoms with Gasteiger partial charge in [0.05, 0.1) is 23.1 Å². The van der Waals surface area contributed by atoms with E-state index in [-0.39, 0.29) is 10.8 Å². The van der Waals surface area contributed by atoms with Crippen LogP contribution in [0.2, 0.25) is 0 Å². The van der Waals surface area contributed by atoms with E-state index in [1.54, 1.807) is 36.4 Å². The number of nitrogens with one attached hydrogen (secondary N) is 1. The number of sulfonamides is 1. The van der Waals surface area contributed by atoms with Crippen LogP contribution in [0.15, 0.2) is 78.0 Å². The summed E-state index contributed by atoms with van der Waals surface area (Å²) in [7, 11) is -3.83. The maximum atomic E-state index is 12.8. The highest BCUT2D eigenvalue weighted by molar-refractivity contribution is 7.93. The fourth-order valence-corrected chi connectivity index (χ4v) is 4.07. The highest BCUT2D eigenvalue weighted by Gasteiger charge is 2.19. The first-order valence-electron chi connectivity index (χ1n) is 8.44. The Morgan fingerprint density at radius 3 is 2.54 bits per heavy atom.